The summed E-state index contributed by atoms with van der Waals surface area (Å²) >= 11 is 0. The Labute approximate surface area is 202 Å². The molecule has 1 heterocycles. The highest BCUT2D eigenvalue weighted by Gasteiger charge is 2.32. The molecule has 188 valence electrons. The highest BCUT2D eigenvalue weighted by Crippen LogP contribution is 2.34. The van der Waals surface area contributed by atoms with Gasteiger partial charge in [-0.15, -0.1) is 0 Å². The lowest BCUT2D eigenvalue weighted by Crippen LogP contribution is -2.17. The summed E-state index contributed by atoms with van der Waals surface area (Å²) in [6, 6.07) is 11.8. The predicted molar refractivity (Wildman–Crippen MR) is 122 cm³/mol. The molecule has 0 radical (unpaired) electrons. The molecule has 0 N–H and O–H groups in total. The number of rotatable bonds is 6. The molecule has 1 aromatic heterocycles. The van der Waals surface area contributed by atoms with Crippen LogP contribution >= 0.6 is 0 Å². The third-order valence-electron chi connectivity index (χ3n) is 5.58. The number of ether oxygens (including phenoxy) is 1. The van der Waals surface area contributed by atoms with E-state index in [4.69, 9.17) is 0 Å². The fourth-order valence-electron chi connectivity index (χ4n) is 3.85. The second-order valence-electron chi connectivity index (χ2n) is 7.90. The molecule has 5 nitrogen and oxygen atoms in total. The summed E-state index contributed by atoms with van der Waals surface area (Å²) in [6.45, 7) is 0. The molecule has 0 saturated heterocycles. The number of esters is 1. The number of halogens is 5. The number of hydrogen-bond acceptors (Lipinski definition) is 4. The van der Waals surface area contributed by atoms with Gasteiger partial charge in [0, 0.05) is 16.6 Å². The van der Waals surface area contributed by atoms with Crippen molar-refractivity contribution in [3.63, 3.8) is 0 Å². The molecule has 0 atom stereocenters. The monoisotopic (exact) mass is 523 g/mol. The van der Waals surface area contributed by atoms with Gasteiger partial charge in [0.2, 0.25) is 0 Å². The number of carbonyl (C=O) groups is 1. The maximum Gasteiger partial charge on any atom is 0.416 e. The summed E-state index contributed by atoms with van der Waals surface area (Å²) in [6.07, 6.45) is -5.08. The summed E-state index contributed by atoms with van der Waals surface area (Å²) in [4.78, 5) is 11.1. The summed E-state index contributed by atoms with van der Waals surface area (Å²) in [7, 11) is -3.45. The Hall–Kier alpha value is -3.73. The van der Waals surface area contributed by atoms with Crippen molar-refractivity contribution in [1.82, 2.24) is 3.97 Å². The minimum atomic E-state index is -4.78. The lowest BCUT2D eigenvalue weighted by molar-refractivity contribution is -0.140. The third kappa shape index (κ3) is 4.83. The summed E-state index contributed by atoms with van der Waals surface area (Å²) in [5.41, 5.74) is -1.01. The van der Waals surface area contributed by atoms with Crippen molar-refractivity contribution in [1.29, 1.82) is 0 Å². The fraction of sp³-hybridized carbons (Fsp3) is 0.160. The van der Waals surface area contributed by atoms with E-state index < -0.39 is 44.3 Å². The van der Waals surface area contributed by atoms with E-state index in [0.717, 1.165) is 47.5 Å². The Bertz CT molecular complexity index is 1580. The zero-order valence-electron chi connectivity index (χ0n) is 18.6. The maximum atomic E-state index is 14.4. The molecule has 36 heavy (non-hydrogen) atoms. The number of alkyl halides is 3. The fourth-order valence-corrected chi connectivity index (χ4v) is 5.46. The average molecular weight is 523 g/mol. The molecule has 0 fully saturated rings. The van der Waals surface area contributed by atoms with Crippen molar-refractivity contribution in [2.45, 2.75) is 23.9 Å². The van der Waals surface area contributed by atoms with Crippen LogP contribution in [0.15, 0.2) is 71.6 Å². The molecule has 4 rings (SSSR count). The van der Waals surface area contributed by atoms with E-state index >= 15 is 0 Å². The topological polar surface area (TPSA) is 65.4 Å². The highest BCUT2D eigenvalue weighted by atomic mass is 32.2. The van der Waals surface area contributed by atoms with Crippen LogP contribution in [0.4, 0.5) is 22.0 Å². The Kier molecular flexibility index (Phi) is 6.61. The number of hydrogen-bond donors (Lipinski definition) is 0. The van der Waals surface area contributed by atoms with Crippen molar-refractivity contribution in [2.24, 2.45) is 0 Å². The van der Waals surface area contributed by atoms with Crippen LogP contribution in [-0.2, 0) is 32.2 Å². The van der Waals surface area contributed by atoms with Crippen LogP contribution < -0.4 is 0 Å². The molecule has 0 aliphatic heterocycles. The average Bonchev–Trinajstić information content (AvgIpc) is 3.22. The van der Waals surface area contributed by atoms with Gasteiger partial charge in [0.15, 0.2) is 0 Å². The molecule has 0 amide bonds. The van der Waals surface area contributed by atoms with Gasteiger partial charge in [-0.1, -0.05) is 18.2 Å². The lowest BCUT2D eigenvalue weighted by atomic mass is 10.0. The van der Waals surface area contributed by atoms with Gasteiger partial charge in [-0.05, 0) is 60.5 Å². The molecule has 0 aliphatic carbocycles. The van der Waals surface area contributed by atoms with Gasteiger partial charge in [0.25, 0.3) is 10.0 Å². The number of carbonyl (C=O) groups excluding carboxylic acids is 1. The van der Waals surface area contributed by atoms with Crippen LogP contribution in [0, 0.1) is 11.6 Å². The van der Waals surface area contributed by atoms with Crippen LogP contribution in [0.1, 0.15) is 17.7 Å². The van der Waals surface area contributed by atoms with Gasteiger partial charge in [0.05, 0.1) is 29.5 Å². The SMILES string of the molecule is COC(=O)CCc1cc2ccc(-c3cc(F)ccc3F)cc2n1S(=O)(=O)c1cccc(C(F)(F)F)c1. The Morgan fingerprint density at radius 1 is 0.972 bits per heavy atom. The van der Waals surface area contributed by atoms with E-state index in [0.29, 0.717) is 11.5 Å². The number of methoxy groups -OCH3 is 1. The largest absolute Gasteiger partial charge is 0.469 e. The second-order valence-corrected chi connectivity index (χ2v) is 9.69. The van der Waals surface area contributed by atoms with Gasteiger partial charge >= 0.3 is 12.1 Å². The molecule has 3 aromatic carbocycles. The smallest absolute Gasteiger partial charge is 0.416 e. The van der Waals surface area contributed by atoms with Crippen molar-refractivity contribution in [2.75, 3.05) is 7.11 Å². The lowest BCUT2D eigenvalue weighted by Gasteiger charge is -2.14. The first kappa shape index (κ1) is 25.4. The maximum absolute atomic E-state index is 14.4. The first-order valence-corrected chi connectivity index (χ1v) is 12.0. The molecule has 11 heteroatoms. The van der Waals surface area contributed by atoms with Crippen LogP contribution in [0.5, 0.6) is 0 Å². The third-order valence-corrected chi connectivity index (χ3v) is 7.35. The van der Waals surface area contributed by atoms with Gasteiger partial charge in [-0.25, -0.2) is 21.2 Å². The quantitative estimate of drug-likeness (QED) is 0.232. The molecule has 0 aliphatic rings. The van der Waals surface area contributed by atoms with E-state index in [1.165, 1.54) is 24.3 Å². The summed E-state index contributed by atoms with van der Waals surface area (Å²) < 4.78 is 101. The molecule has 0 spiro atoms. The van der Waals surface area contributed by atoms with Gasteiger partial charge in [-0.3, -0.25) is 4.79 Å². The Balaban J connectivity index is 1.96. The molecule has 0 saturated carbocycles. The van der Waals surface area contributed by atoms with Crippen molar-refractivity contribution < 1.29 is 39.9 Å². The molecule has 4 aromatic rings. The molecule has 0 unspecified atom stereocenters. The minimum absolute atomic E-state index is 0.0217. The Morgan fingerprint density at radius 3 is 2.42 bits per heavy atom. The van der Waals surface area contributed by atoms with Crippen molar-refractivity contribution in [3.8, 4) is 11.1 Å². The second kappa shape index (κ2) is 9.38. The number of aromatic nitrogens is 1. The van der Waals surface area contributed by atoms with E-state index in [2.05, 4.69) is 4.74 Å². The standard InChI is InChI=1S/C25H18F5NO4S/c1-35-24(32)10-8-19-11-16-6-5-15(21-14-18(26)7-9-22(21)27)12-23(16)31(19)36(33,34)20-4-2-3-17(13-20)25(28,29)30/h2-7,9,11-14H,8,10H2,1H3. The first-order chi connectivity index (χ1) is 16.9. The molecular weight excluding hydrogens is 505 g/mol. The number of benzene rings is 3. The number of fused-ring (bicyclic) bond motifs is 1. The predicted octanol–water partition coefficient (Wildman–Crippen LogP) is 5.95. The van der Waals surface area contributed by atoms with E-state index in [1.807, 2.05) is 0 Å². The van der Waals surface area contributed by atoms with Crippen LogP contribution in [-0.4, -0.2) is 25.5 Å². The first-order valence-electron chi connectivity index (χ1n) is 10.5. The zero-order valence-corrected chi connectivity index (χ0v) is 19.5. The van der Waals surface area contributed by atoms with Gasteiger partial charge < -0.3 is 4.74 Å². The number of aryl methyl sites for hydroxylation is 1. The van der Waals surface area contributed by atoms with Crippen LogP contribution in [0.2, 0.25) is 0 Å². The highest BCUT2D eigenvalue weighted by molar-refractivity contribution is 7.90. The normalized spacial score (nSPS) is 12.2. The van der Waals surface area contributed by atoms with E-state index in [1.54, 1.807) is 0 Å². The number of nitrogens with zero attached hydrogens (tertiary/aromatic N) is 1. The van der Waals surface area contributed by atoms with Gasteiger partial charge in [0.1, 0.15) is 11.6 Å². The zero-order chi connectivity index (χ0) is 26.3. The molecular formula is C25H18F5NO4S. The Morgan fingerprint density at radius 2 is 1.72 bits per heavy atom. The summed E-state index contributed by atoms with van der Waals surface area (Å²) in [5, 5.41) is 0.367. The van der Waals surface area contributed by atoms with Crippen LogP contribution in [0.3, 0.4) is 0 Å². The van der Waals surface area contributed by atoms with Gasteiger partial charge in [-0.2, -0.15) is 13.2 Å². The summed E-state index contributed by atoms with van der Waals surface area (Å²) in [5.74, 6) is -2.08. The minimum Gasteiger partial charge on any atom is -0.469 e. The van der Waals surface area contributed by atoms with E-state index in [-0.39, 0.29) is 35.2 Å². The van der Waals surface area contributed by atoms with Crippen molar-refractivity contribution >= 4 is 26.9 Å². The van der Waals surface area contributed by atoms with Crippen LogP contribution in [0.25, 0.3) is 22.0 Å². The van der Waals surface area contributed by atoms with Crippen molar-refractivity contribution in [3.05, 3.63) is 89.6 Å². The molecule has 0 bridgehead atoms. The van der Waals surface area contributed by atoms with E-state index in [9.17, 15) is 35.2 Å².